The van der Waals surface area contributed by atoms with E-state index in [0.29, 0.717) is 22.9 Å². The largest absolute Gasteiger partial charge is 0.372 e. The highest BCUT2D eigenvalue weighted by Gasteiger charge is 2.09. The van der Waals surface area contributed by atoms with Crippen LogP contribution in [0.15, 0.2) is 12.3 Å². The zero-order valence-corrected chi connectivity index (χ0v) is 11.7. The van der Waals surface area contributed by atoms with Crippen LogP contribution in [-0.4, -0.2) is 49.5 Å². The van der Waals surface area contributed by atoms with Gasteiger partial charge < -0.3 is 15.5 Å². The van der Waals surface area contributed by atoms with Crippen molar-refractivity contribution < 1.29 is 4.79 Å². The highest BCUT2D eigenvalue weighted by molar-refractivity contribution is 6.33. The van der Waals surface area contributed by atoms with Crippen LogP contribution in [0.2, 0.25) is 5.02 Å². The number of anilines is 1. The molecular weight excluding hydrogens is 252 g/mol. The van der Waals surface area contributed by atoms with Crippen LogP contribution in [0.4, 0.5) is 5.82 Å². The summed E-state index contributed by atoms with van der Waals surface area (Å²) in [6.07, 6.45) is 1.51. The lowest BCUT2D eigenvalue weighted by Crippen LogP contribution is -2.32. The minimum atomic E-state index is -0.156. The van der Waals surface area contributed by atoms with E-state index in [1.807, 2.05) is 7.05 Å². The summed E-state index contributed by atoms with van der Waals surface area (Å²) in [5, 5.41) is 6.12. The van der Waals surface area contributed by atoms with Crippen LogP contribution in [0.25, 0.3) is 0 Å². The number of nitrogens with one attached hydrogen (secondary N) is 2. The summed E-state index contributed by atoms with van der Waals surface area (Å²) in [6.45, 7) is 4.45. The number of pyridine rings is 1. The van der Waals surface area contributed by atoms with Crippen molar-refractivity contribution in [2.45, 2.75) is 6.92 Å². The fourth-order valence-electron chi connectivity index (χ4n) is 1.37. The van der Waals surface area contributed by atoms with Crippen molar-refractivity contribution in [3.63, 3.8) is 0 Å². The fraction of sp³-hybridized carbons (Fsp3) is 0.500. The molecule has 0 aliphatic heterocycles. The van der Waals surface area contributed by atoms with E-state index < -0.39 is 0 Å². The molecule has 5 nitrogen and oxygen atoms in total. The Bertz CT molecular complexity index is 411. The van der Waals surface area contributed by atoms with Gasteiger partial charge in [0.2, 0.25) is 0 Å². The number of hydrogen-bond acceptors (Lipinski definition) is 4. The predicted octanol–water partition coefficient (Wildman–Crippen LogP) is 1.46. The number of carbonyl (C=O) groups excluding carboxylic acids is 1. The second-order valence-electron chi connectivity index (χ2n) is 3.96. The van der Waals surface area contributed by atoms with Crippen LogP contribution >= 0.6 is 11.6 Å². The van der Waals surface area contributed by atoms with Crippen molar-refractivity contribution in [3.8, 4) is 0 Å². The number of likely N-dealkylation sites (N-methyl/N-ethyl adjacent to an activating group) is 1. The van der Waals surface area contributed by atoms with Gasteiger partial charge in [0.05, 0.1) is 10.6 Å². The van der Waals surface area contributed by atoms with Crippen LogP contribution < -0.4 is 10.6 Å². The molecule has 0 aromatic carbocycles. The van der Waals surface area contributed by atoms with Gasteiger partial charge in [-0.2, -0.15) is 0 Å². The summed E-state index contributed by atoms with van der Waals surface area (Å²) < 4.78 is 0. The lowest BCUT2D eigenvalue weighted by atomic mass is 10.2. The van der Waals surface area contributed by atoms with Gasteiger partial charge in [-0.05, 0) is 19.7 Å². The number of halogens is 1. The second kappa shape index (κ2) is 7.18. The molecule has 1 aromatic rings. The van der Waals surface area contributed by atoms with E-state index in [-0.39, 0.29) is 5.91 Å². The standard InChI is InChI=1S/C12H19ClN4O/c1-4-17(3)6-5-15-12(18)9-7-10(13)11(14-2)16-8-9/h7-8H,4-6H2,1-3H3,(H,14,16)(H,15,18). The summed E-state index contributed by atoms with van der Waals surface area (Å²) >= 11 is 5.97. The molecular formula is C12H19ClN4O. The molecule has 18 heavy (non-hydrogen) atoms. The fourth-order valence-corrected chi connectivity index (χ4v) is 1.63. The molecule has 0 fully saturated rings. The first kappa shape index (κ1) is 14.7. The number of nitrogens with zero attached hydrogens (tertiary/aromatic N) is 2. The summed E-state index contributed by atoms with van der Waals surface area (Å²) in [6, 6.07) is 1.61. The summed E-state index contributed by atoms with van der Waals surface area (Å²) in [7, 11) is 3.74. The number of carbonyl (C=O) groups is 1. The Hall–Kier alpha value is -1.33. The summed E-state index contributed by atoms with van der Waals surface area (Å²) in [5.41, 5.74) is 0.471. The average Bonchev–Trinajstić information content (AvgIpc) is 2.38. The number of amides is 1. The molecule has 0 radical (unpaired) electrons. The molecule has 0 bridgehead atoms. The van der Waals surface area contributed by atoms with E-state index in [0.717, 1.165) is 13.1 Å². The molecule has 1 rings (SSSR count). The van der Waals surface area contributed by atoms with Crippen LogP contribution in [0.5, 0.6) is 0 Å². The zero-order valence-electron chi connectivity index (χ0n) is 11.0. The monoisotopic (exact) mass is 270 g/mol. The van der Waals surface area contributed by atoms with Crippen LogP contribution in [0.3, 0.4) is 0 Å². The third kappa shape index (κ3) is 4.16. The van der Waals surface area contributed by atoms with E-state index in [4.69, 9.17) is 11.6 Å². The van der Waals surface area contributed by atoms with Gasteiger partial charge in [0.25, 0.3) is 5.91 Å². The van der Waals surface area contributed by atoms with Crippen LogP contribution in [-0.2, 0) is 0 Å². The molecule has 100 valence electrons. The second-order valence-corrected chi connectivity index (χ2v) is 4.36. The first-order valence-corrected chi connectivity index (χ1v) is 6.26. The first-order chi connectivity index (χ1) is 8.58. The summed E-state index contributed by atoms with van der Waals surface area (Å²) in [4.78, 5) is 18.0. The smallest absolute Gasteiger partial charge is 0.252 e. The van der Waals surface area contributed by atoms with Gasteiger partial charge in [0.15, 0.2) is 0 Å². The molecule has 0 saturated heterocycles. The Morgan fingerprint density at radius 1 is 1.56 bits per heavy atom. The highest BCUT2D eigenvalue weighted by atomic mass is 35.5. The molecule has 0 aliphatic rings. The zero-order chi connectivity index (χ0) is 13.5. The van der Waals surface area contributed by atoms with Gasteiger partial charge in [-0.25, -0.2) is 4.98 Å². The number of aromatic nitrogens is 1. The number of hydrogen-bond donors (Lipinski definition) is 2. The molecule has 0 unspecified atom stereocenters. The quantitative estimate of drug-likeness (QED) is 0.822. The Balaban J connectivity index is 2.54. The molecule has 6 heteroatoms. The minimum absolute atomic E-state index is 0.156. The highest BCUT2D eigenvalue weighted by Crippen LogP contribution is 2.19. The van der Waals surface area contributed by atoms with Gasteiger partial charge >= 0.3 is 0 Å². The third-order valence-corrected chi connectivity index (χ3v) is 2.95. The van der Waals surface area contributed by atoms with E-state index in [2.05, 4.69) is 27.4 Å². The maximum atomic E-state index is 11.8. The van der Waals surface area contributed by atoms with E-state index in [1.165, 1.54) is 6.20 Å². The van der Waals surface area contributed by atoms with E-state index in [9.17, 15) is 4.79 Å². The topological polar surface area (TPSA) is 57.3 Å². The third-order valence-electron chi connectivity index (χ3n) is 2.66. The van der Waals surface area contributed by atoms with Crippen LogP contribution in [0, 0.1) is 0 Å². The Morgan fingerprint density at radius 3 is 2.83 bits per heavy atom. The van der Waals surface area contributed by atoms with Crippen molar-refractivity contribution >= 4 is 23.3 Å². The Morgan fingerprint density at radius 2 is 2.28 bits per heavy atom. The van der Waals surface area contributed by atoms with Crippen molar-refractivity contribution in [1.82, 2.24) is 15.2 Å². The minimum Gasteiger partial charge on any atom is -0.372 e. The first-order valence-electron chi connectivity index (χ1n) is 5.88. The SMILES string of the molecule is CCN(C)CCNC(=O)c1cnc(NC)c(Cl)c1. The lowest BCUT2D eigenvalue weighted by Gasteiger charge is -2.14. The molecule has 2 N–H and O–H groups in total. The van der Waals surface area contributed by atoms with Crippen LogP contribution in [0.1, 0.15) is 17.3 Å². The Labute approximate surface area is 113 Å². The molecule has 1 aromatic heterocycles. The normalized spacial score (nSPS) is 10.5. The summed E-state index contributed by atoms with van der Waals surface area (Å²) in [5.74, 6) is 0.412. The van der Waals surface area contributed by atoms with Gasteiger partial charge in [-0.15, -0.1) is 0 Å². The molecule has 1 heterocycles. The van der Waals surface area contributed by atoms with Crippen molar-refractivity contribution in [2.24, 2.45) is 0 Å². The molecule has 0 saturated carbocycles. The van der Waals surface area contributed by atoms with Crippen molar-refractivity contribution in [3.05, 3.63) is 22.8 Å². The predicted molar refractivity (Wildman–Crippen MR) is 74.3 cm³/mol. The van der Waals surface area contributed by atoms with Gasteiger partial charge in [-0.1, -0.05) is 18.5 Å². The Kier molecular flexibility index (Phi) is 5.88. The van der Waals surface area contributed by atoms with E-state index >= 15 is 0 Å². The number of rotatable bonds is 6. The van der Waals surface area contributed by atoms with Gasteiger partial charge in [0.1, 0.15) is 5.82 Å². The maximum Gasteiger partial charge on any atom is 0.252 e. The van der Waals surface area contributed by atoms with Crippen molar-refractivity contribution in [2.75, 3.05) is 39.0 Å². The lowest BCUT2D eigenvalue weighted by molar-refractivity contribution is 0.0950. The molecule has 0 spiro atoms. The van der Waals surface area contributed by atoms with Gasteiger partial charge in [-0.3, -0.25) is 4.79 Å². The maximum absolute atomic E-state index is 11.8. The molecule has 0 aliphatic carbocycles. The molecule has 0 atom stereocenters. The molecule has 1 amide bonds. The van der Waals surface area contributed by atoms with Gasteiger partial charge in [0, 0.05) is 26.3 Å². The van der Waals surface area contributed by atoms with E-state index in [1.54, 1.807) is 13.1 Å². The van der Waals surface area contributed by atoms with Crippen molar-refractivity contribution in [1.29, 1.82) is 0 Å². The average molecular weight is 271 g/mol.